The number of fused-ring (bicyclic) bond motifs is 5. The highest BCUT2D eigenvalue weighted by atomic mass is 16.2. The van der Waals surface area contributed by atoms with Gasteiger partial charge in [0.1, 0.15) is 11.9 Å². The van der Waals surface area contributed by atoms with E-state index in [4.69, 9.17) is 0 Å². The molecule has 0 spiro atoms. The third kappa shape index (κ3) is 2.97. The zero-order valence-electron chi connectivity index (χ0n) is 15.4. The van der Waals surface area contributed by atoms with Crippen molar-refractivity contribution in [1.82, 2.24) is 34.4 Å². The second-order valence-electron chi connectivity index (χ2n) is 7.57. The molecule has 1 N–H and O–H groups in total. The standard InChI is InChI=1S/C19H21N7O2/c27-17(16-7-21-19-22-12-23-26(19)18(16)28)25-9-13-4-5-15(25)11-24(8-13)10-14-3-1-2-6-20-14/h1-3,6-7,12-13,15H,4-5,8-11H2,(H,21,22,23)/t13-,15+/m1/s1. The summed E-state index contributed by atoms with van der Waals surface area (Å²) >= 11 is 0. The van der Waals surface area contributed by atoms with Crippen molar-refractivity contribution in [2.75, 3.05) is 19.6 Å². The Labute approximate surface area is 161 Å². The molecule has 0 radical (unpaired) electrons. The SMILES string of the molecule is O=C(c1cnc2nc[nH]n2c1=O)N1C[C@@H]2CC[C@H]1CN(Cc1ccccn1)C2. The zero-order chi connectivity index (χ0) is 19.1. The molecule has 6 rings (SSSR count). The van der Waals surface area contributed by atoms with Crippen LogP contribution in [-0.2, 0) is 6.54 Å². The van der Waals surface area contributed by atoms with Crippen LogP contribution in [0.4, 0.5) is 0 Å². The summed E-state index contributed by atoms with van der Waals surface area (Å²) in [6.07, 6.45) is 6.61. The fraction of sp³-hybridized carbons (Fsp3) is 0.421. The largest absolute Gasteiger partial charge is 0.334 e. The molecule has 0 saturated carbocycles. The third-order valence-corrected chi connectivity index (χ3v) is 5.70. The third-order valence-electron chi connectivity index (χ3n) is 5.70. The second-order valence-corrected chi connectivity index (χ2v) is 7.57. The van der Waals surface area contributed by atoms with Crippen LogP contribution in [0.15, 0.2) is 41.7 Å². The second kappa shape index (κ2) is 6.83. The average molecular weight is 379 g/mol. The lowest BCUT2D eigenvalue weighted by molar-refractivity contribution is 0.0582. The van der Waals surface area contributed by atoms with Crippen molar-refractivity contribution in [1.29, 1.82) is 0 Å². The maximum absolute atomic E-state index is 13.2. The first-order valence-corrected chi connectivity index (χ1v) is 9.53. The number of amides is 1. The lowest BCUT2D eigenvalue weighted by Crippen LogP contribution is -2.48. The number of nitrogens with one attached hydrogen (secondary N) is 1. The molecular formula is C19H21N7O2. The minimum absolute atomic E-state index is 0.0885. The number of carbonyl (C=O) groups excluding carboxylic acids is 1. The van der Waals surface area contributed by atoms with Gasteiger partial charge in [0.25, 0.3) is 17.2 Å². The maximum atomic E-state index is 13.2. The molecule has 3 fully saturated rings. The highest BCUT2D eigenvalue weighted by Crippen LogP contribution is 2.29. The van der Waals surface area contributed by atoms with Gasteiger partial charge in [-0.15, -0.1) is 0 Å². The Morgan fingerprint density at radius 2 is 2.07 bits per heavy atom. The first-order valence-electron chi connectivity index (χ1n) is 9.53. The van der Waals surface area contributed by atoms with Gasteiger partial charge in [-0.3, -0.25) is 24.6 Å². The number of hydrogen-bond acceptors (Lipinski definition) is 6. The molecule has 3 aliphatic heterocycles. The van der Waals surface area contributed by atoms with Gasteiger partial charge in [-0.25, -0.2) is 9.97 Å². The molecule has 2 bridgehead atoms. The molecule has 0 unspecified atom stereocenters. The van der Waals surface area contributed by atoms with Gasteiger partial charge in [-0.1, -0.05) is 6.07 Å². The van der Waals surface area contributed by atoms with Crippen molar-refractivity contribution in [3.63, 3.8) is 0 Å². The molecule has 1 amide bonds. The zero-order valence-corrected chi connectivity index (χ0v) is 15.4. The van der Waals surface area contributed by atoms with E-state index in [1.54, 1.807) is 0 Å². The van der Waals surface area contributed by atoms with Crippen LogP contribution in [-0.4, -0.2) is 65.9 Å². The Hall–Kier alpha value is -3.07. The van der Waals surface area contributed by atoms with E-state index in [9.17, 15) is 9.59 Å². The van der Waals surface area contributed by atoms with E-state index in [1.807, 2.05) is 29.3 Å². The normalized spacial score (nSPS) is 22.5. The van der Waals surface area contributed by atoms with E-state index in [-0.39, 0.29) is 23.3 Å². The molecule has 6 heterocycles. The number of rotatable bonds is 3. The lowest BCUT2D eigenvalue weighted by atomic mass is 9.94. The van der Waals surface area contributed by atoms with Crippen LogP contribution in [0.2, 0.25) is 0 Å². The van der Waals surface area contributed by atoms with Crippen LogP contribution < -0.4 is 5.56 Å². The van der Waals surface area contributed by atoms with Crippen LogP contribution in [0.25, 0.3) is 5.78 Å². The Morgan fingerprint density at radius 3 is 2.93 bits per heavy atom. The fourth-order valence-electron chi connectivity index (χ4n) is 4.38. The van der Waals surface area contributed by atoms with Gasteiger partial charge in [0.2, 0.25) is 0 Å². The molecule has 3 saturated heterocycles. The van der Waals surface area contributed by atoms with Crippen molar-refractivity contribution in [3.05, 3.63) is 58.5 Å². The van der Waals surface area contributed by atoms with E-state index in [2.05, 4.69) is 25.0 Å². The summed E-state index contributed by atoms with van der Waals surface area (Å²) in [6.45, 7) is 3.18. The quantitative estimate of drug-likeness (QED) is 0.713. The molecule has 3 aliphatic rings. The van der Waals surface area contributed by atoms with Crippen LogP contribution >= 0.6 is 0 Å². The molecule has 9 heteroatoms. The van der Waals surface area contributed by atoms with Gasteiger partial charge in [-0.05, 0) is 30.9 Å². The van der Waals surface area contributed by atoms with Crippen LogP contribution in [0.5, 0.6) is 0 Å². The Morgan fingerprint density at radius 1 is 1.14 bits per heavy atom. The van der Waals surface area contributed by atoms with Crippen molar-refractivity contribution in [3.8, 4) is 0 Å². The number of aromatic amines is 1. The van der Waals surface area contributed by atoms with Crippen LogP contribution in [0.3, 0.4) is 0 Å². The van der Waals surface area contributed by atoms with Crippen LogP contribution in [0, 0.1) is 5.92 Å². The minimum atomic E-state index is -0.405. The summed E-state index contributed by atoms with van der Waals surface area (Å²) in [6, 6.07) is 6.04. The number of hydrogen-bond donors (Lipinski definition) is 1. The molecule has 28 heavy (non-hydrogen) atoms. The first kappa shape index (κ1) is 17.1. The molecule has 3 aromatic heterocycles. The summed E-state index contributed by atoms with van der Waals surface area (Å²) in [5.74, 6) is 0.425. The highest BCUT2D eigenvalue weighted by molar-refractivity contribution is 5.94. The van der Waals surface area contributed by atoms with Gasteiger partial charge in [-0.2, -0.15) is 4.52 Å². The van der Waals surface area contributed by atoms with Gasteiger partial charge < -0.3 is 4.90 Å². The molecule has 0 aromatic carbocycles. The van der Waals surface area contributed by atoms with Crippen molar-refractivity contribution in [2.24, 2.45) is 5.92 Å². The summed E-state index contributed by atoms with van der Waals surface area (Å²) < 4.78 is 1.21. The molecule has 0 aliphatic carbocycles. The summed E-state index contributed by atoms with van der Waals surface area (Å²) in [7, 11) is 0. The van der Waals surface area contributed by atoms with Crippen LogP contribution in [0.1, 0.15) is 28.9 Å². The highest BCUT2D eigenvalue weighted by Gasteiger charge is 2.38. The van der Waals surface area contributed by atoms with Gasteiger partial charge >= 0.3 is 0 Å². The van der Waals surface area contributed by atoms with E-state index < -0.39 is 5.56 Å². The molecule has 144 valence electrons. The number of H-pyrrole nitrogens is 1. The molecule has 9 nitrogen and oxygen atoms in total. The van der Waals surface area contributed by atoms with E-state index in [1.165, 1.54) is 17.0 Å². The number of pyridine rings is 1. The average Bonchev–Trinajstić information content (AvgIpc) is 3.03. The first-order chi connectivity index (χ1) is 13.7. The number of aromatic nitrogens is 5. The van der Waals surface area contributed by atoms with E-state index in [0.717, 1.165) is 38.2 Å². The fourth-order valence-corrected chi connectivity index (χ4v) is 4.38. The summed E-state index contributed by atoms with van der Waals surface area (Å²) in [5, 5.41) is 2.71. The van der Waals surface area contributed by atoms with Crippen molar-refractivity contribution >= 4 is 11.7 Å². The van der Waals surface area contributed by atoms with E-state index in [0.29, 0.717) is 12.5 Å². The maximum Gasteiger partial charge on any atom is 0.286 e. The van der Waals surface area contributed by atoms with Gasteiger partial charge in [0.05, 0.1) is 5.69 Å². The Balaban J connectivity index is 1.39. The Bertz CT molecular complexity index is 1060. The minimum Gasteiger partial charge on any atom is -0.334 e. The molecule has 2 atom stereocenters. The van der Waals surface area contributed by atoms with Crippen molar-refractivity contribution < 1.29 is 4.79 Å². The van der Waals surface area contributed by atoms with Gasteiger partial charge in [0.15, 0.2) is 0 Å². The molecular weight excluding hydrogens is 358 g/mol. The summed E-state index contributed by atoms with van der Waals surface area (Å²) in [4.78, 5) is 42.6. The predicted octanol–water partition coefficient (Wildman–Crippen LogP) is 0.549. The number of carbonyl (C=O) groups is 1. The Kier molecular flexibility index (Phi) is 4.16. The molecule has 3 aromatic rings. The number of nitrogens with zero attached hydrogens (tertiary/aromatic N) is 6. The monoisotopic (exact) mass is 379 g/mol. The topological polar surface area (TPSA) is 99.5 Å². The smallest absolute Gasteiger partial charge is 0.286 e. The van der Waals surface area contributed by atoms with Crippen molar-refractivity contribution in [2.45, 2.75) is 25.4 Å². The predicted molar refractivity (Wildman–Crippen MR) is 101 cm³/mol. The van der Waals surface area contributed by atoms with Gasteiger partial charge in [0, 0.05) is 44.6 Å². The van der Waals surface area contributed by atoms with E-state index >= 15 is 0 Å². The lowest BCUT2D eigenvalue weighted by Gasteiger charge is -2.36. The number of piperidine rings is 1. The summed E-state index contributed by atoms with van der Waals surface area (Å²) in [5.41, 5.74) is 0.720.